The fourth-order valence-corrected chi connectivity index (χ4v) is 3.92. The van der Waals surface area contributed by atoms with Gasteiger partial charge in [-0.2, -0.15) is 13.2 Å². The van der Waals surface area contributed by atoms with Gasteiger partial charge in [-0.05, 0) is 55.3 Å². The Morgan fingerprint density at radius 1 is 1.00 bits per heavy atom. The molecule has 1 aromatic heterocycles. The zero-order valence-electron chi connectivity index (χ0n) is 18.0. The number of alkyl halides is 3. The van der Waals surface area contributed by atoms with Gasteiger partial charge >= 0.3 is 18.1 Å². The van der Waals surface area contributed by atoms with Crippen LogP contribution in [0.25, 0.3) is 11.0 Å². The van der Waals surface area contributed by atoms with Crippen molar-refractivity contribution in [3.63, 3.8) is 0 Å². The van der Waals surface area contributed by atoms with Gasteiger partial charge < -0.3 is 20.4 Å². The predicted molar refractivity (Wildman–Crippen MR) is 117 cm³/mol. The summed E-state index contributed by atoms with van der Waals surface area (Å²) < 4.78 is 38.9. The molecule has 0 aliphatic carbocycles. The van der Waals surface area contributed by atoms with Crippen LogP contribution >= 0.6 is 0 Å². The van der Waals surface area contributed by atoms with Crippen LogP contribution in [-0.2, 0) is 15.8 Å². The number of piperidine rings is 1. The lowest BCUT2D eigenvalue weighted by Gasteiger charge is -2.35. The average molecular weight is 488 g/mol. The molecule has 1 aliphatic rings. The van der Waals surface area contributed by atoms with Crippen molar-refractivity contribution in [1.29, 1.82) is 0 Å². The van der Waals surface area contributed by atoms with Gasteiger partial charge in [0.25, 0.3) is 5.91 Å². The number of aromatic nitrogens is 2. The van der Waals surface area contributed by atoms with Crippen LogP contribution in [0.15, 0.2) is 48.7 Å². The predicted octanol–water partition coefficient (Wildman–Crippen LogP) is 3.78. The first-order chi connectivity index (χ1) is 16.5. The first-order valence-electron chi connectivity index (χ1n) is 10.5. The van der Waals surface area contributed by atoms with Crippen LogP contribution in [0.3, 0.4) is 0 Å². The van der Waals surface area contributed by atoms with Gasteiger partial charge in [0.15, 0.2) is 0 Å². The van der Waals surface area contributed by atoms with Crippen LogP contribution in [0.2, 0.25) is 0 Å². The zero-order chi connectivity index (χ0) is 25.3. The van der Waals surface area contributed by atoms with Crippen molar-refractivity contribution >= 4 is 40.4 Å². The summed E-state index contributed by atoms with van der Waals surface area (Å²) in [6.07, 6.45) is -3.17. The van der Waals surface area contributed by atoms with Crippen molar-refractivity contribution in [2.45, 2.75) is 25.1 Å². The highest BCUT2D eigenvalue weighted by Gasteiger charge is 2.39. The Labute approximate surface area is 196 Å². The molecule has 0 spiro atoms. The van der Waals surface area contributed by atoms with Gasteiger partial charge in [-0.1, -0.05) is 0 Å². The van der Waals surface area contributed by atoms with E-state index in [0.717, 1.165) is 17.0 Å². The number of carboxylic acids is 2. The SMILES string of the molecule is O=C(O)C1CCN(C(=O)c2ccc(Nc3cnc4ccc(C(F)(F)F)cc4n3)cc2)C(C(=O)O)C1. The Hall–Kier alpha value is -4.22. The fourth-order valence-electron chi connectivity index (χ4n) is 3.92. The van der Waals surface area contributed by atoms with Crippen molar-refractivity contribution in [3.05, 3.63) is 59.8 Å². The van der Waals surface area contributed by atoms with E-state index in [9.17, 15) is 37.8 Å². The van der Waals surface area contributed by atoms with Gasteiger partial charge in [0.1, 0.15) is 11.9 Å². The minimum atomic E-state index is -4.51. The molecule has 2 atom stereocenters. The van der Waals surface area contributed by atoms with E-state index in [1.165, 1.54) is 36.5 Å². The third-order valence-corrected chi connectivity index (χ3v) is 5.77. The lowest BCUT2D eigenvalue weighted by molar-refractivity contribution is -0.149. The molecule has 0 saturated carbocycles. The first-order valence-corrected chi connectivity index (χ1v) is 10.5. The number of anilines is 2. The van der Waals surface area contributed by atoms with Crippen LogP contribution in [-0.4, -0.2) is 55.5 Å². The molecule has 1 aliphatic heterocycles. The van der Waals surface area contributed by atoms with Gasteiger partial charge in [0, 0.05) is 17.8 Å². The third kappa shape index (κ3) is 5.15. The van der Waals surface area contributed by atoms with E-state index in [4.69, 9.17) is 0 Å². The molecule has 1 amide bonds. The van der Waals surface area contributed by atoms with Crippen LogP contribution in [0, 0.1) is 5.92 Å². The van der Waals surface area contributed by atoms with Gasteiger partial charge in [0.2, 0.25) is 0 Å². The second-order valence-corrected chi connectivity index (χ2v) is 8.07. The maximum absolute atomic E-state index is 13.0. The van der Waals surface area contributed by atoms with E-state index in [-0.39, 0.29) is 36.3 Å². The summed E-state index contributed by atoms with van der Waals surface area (Å²) in [5.74, 6) is -3.55. The highest BCUT2D eigenvalue weighted by Crippen LogP contribution is 2.31. The number of nitrogens with zero attached hydrogens (tertiary/aromatic N) is 3. The number of fused-ring (bicyclic) bond motifs is 1. The Morgan fingerprint density at radius 2 is 1.71 bits per heavy atom. The summed E-state index contributed by atoms with van der Waals surface area (Å²) in [5.41, 5.74) is 0.188. The quantitative estimate of drug-likeness (QED) is 0.494. The molecule has 2 aromatic carbocycles. The number of hydrogen-bond acceptors (Lipinski definition) is 6. The van der Waals surface area contributed by atoms with Crippen molar-refractivity contribution < 1.29 is 37.8 Å². The highest BCUT2D eigenvalue weighted by atomic mass is 19.4. The number of rotatable bonds is 5. The lowest BCUT2D eigenvalue weighted by Crippen LogP contribution is -2.51. The lowest BCUT2D eigenvalue weighted by atomic mass is 9.90. The number of carboxylic acid groups (broad SMARTS) is 2. The molecule has 3 aromatic rings. The molecule has 182 valence electrons. The molecule has 0 radical (unpaired) electrons. The van der Waals surface area contributed by atoms with E-state index < -0.39 is 41.5 Å². The van der Waals surface area contributed by atoms with Crippen molar-refractivity contribution in [3.8, 4) is 0 Å². The van der Waals surface area contributed by atoms with Crippen LogP contribution < -0.4 is 5.32 Å². The number of amides is 1. The maximum atomic E-state index is 13.0. The minimum absolute atomic E-state index is 0.000634. The second-order valence-electron chi connectivity index (χ2n) is 8.07. The second kappa shape index (κ2) is 9.20. The van der Waals surface area contributed by atoms with Gasteiger partial charge in [-0.25, -0.2) is 9.78 Å². The number of carbonyl (C=O) groups is 3. The molecule has 2 unspecified atom stereocenters. The van der Waals surface area contributed by atoms with E-state index >= 15 is 0 Å². The Morgan fingerprint density at radius 3 is 2.34 bits per heavy atom. The van der Waals surface area contributed by atoms with Crippen molar-refractivity contribution in [1.82, 2.24) is 14.9 Å². The smallest absolute Gasteiger partial charge is 0.416 e. The van der Waals surface area contributed by atoms with Gasteiger partial charge in [-0.15, -0.1) is 0 Å². The summed E-state index contributed by atoms with van der Waals surface area (Å²) in [7, 11) is 0. The molecular weight excluding hydrogens is 469 g/mol. The molecular formula is C23H19F3N4O5. The number of halogens is 3. The highest BCUT2D eigenvalue weighted by molar-refractivity contribution is 5.97. The van der Waals surface area contributed by atoms with Gasteiger partial charge in [-0.3, -0.25) is 14.6 Å². The normalized spacial score (nSPS) is 18.3. The van der Waals surface area contributed by atoms with Crippen molar-refractivity contribution in [2.75, 3.05) is 11.9 Å². The number of hydrogen-bond donors (Lipinski definition) is 3. The van der Waals surface area contributed by atoms with E-state index in [1.807, 2.05) is 0 Å². The summed E-state index contributed by atoms with van der Waals surface area (Å²) in [6.45, 7) is -0.000634. The topological polar surface area (TPSA) is 133 Å². The molecule has 1 saturated heterocycles. The van der Waals surface area contributed by atoms with Crippen LogP contribution in [0.5, 0.6) is 0 Å². The summed E-state index contributed by atoms with van der Waals surface area (Å²) in [4.78, 5) is 45.2. The summed E-state index contributed by atoms with van der Waals surface area (Å²) in [6, 6.07) is 7.81. The monoisotopic (exact) mass is 488 g/mol. The Kier molecular flexibility index (Phi) is 6.29. The molecule has 9 nitrogen and oxygen atoms in total. The van der Waals surface area contributed by atoms with Crippen molar-refractivity contribution in [2.24, 2.45) is 5.92 Å². The first kappa shape index (κ1) is 23.9. The Bertz CT molecular complexity index is 1300. The largest absolute Gasteiger partial charge is 0.481 e. The molecule has 4 rings (SSSR count). The van der Waals surface area contributed by atoms with Crippen LogP contribution in [0.4, 0.5) is 24.7 Å². The summed E-state index contributed by atoms with van der Waals surface area (Å²) in [5, 5.41) is 21.6. The maximum Gasteiger partial charge on any atom is 0.416 e. The molecule has 2 heterocycles. The molecule has 35 heavy (non-hydrogen) atoms. The minimum Gasteiger partial charge on any atom is -0.481 e. The number of carbonyl (C=O) groups excluding carboxylic acids is 1. The van der Waals surface area contributed by atoms with E-state index in [1.54, 1.807) is 0 Å². The zero-order valence-corrected chi connectivity index (χ0v) is 18.0. The molecule has 3 N–H and O–H groups in total. The molecule has 0 bridgehead atoms. The van der Waals surface area contributed by atoms with Crippen LogP contribution in [0.1, 0.15) is 28.8 Å². The third-order valence-electron chi connectivity index (χ3n) is 5.77. The van der Waals surface area contributed by atoms with E-state index in [2.05, 4.69) is 15.3 Å². The molecule has 1 fully saturated rings. The standard InChI is InChI=1S/C23H19F3N4O5/c24-23(25,26)14-3-6-16-17(10-14)29-19(11-27-16)28-15-4-1-12(2-5-15)20(31)30-8-7-13(21(32)33)9-18(30)22(34)35/h1-6,10-11,13,18H,7-9H2,(H,28,29)(H,32,33)(H,34,35). The van der Waals surface area contributed by atoms with Gasteiger partial charge in [0.05, 0.1) is 28.7 Å². The number of nitrogens with one attached hydrogen (secondary N) is 1. The number of aliphatic carboxylic acids is 2. The number of likely N-dealkylation sites (tertiary alicyclic amines) is 1. The summed E-state index contributed by atoms with van der Waals surface area (Å²) >= 11 is 0. The average Bonchev–Trinajstić information content (AvgIpc) is 2.82. The number of benzene rings is 2. The Balaban J connectivity index is 1.50. The fraction of sp³-hybridized carbons (Fsp3) is 0.261. The van der Waals surface area contributed by atoms with E-state index in [0.29, 0.717) is 11.2 Å². The molecule has 12 heteroatoms.